The Balaban J connectivity index is 1.30. The summed E-state index contributed by atoms with van der Waals surface area (Å²) in [6, 6.07) is 18.4. The van der Waals surface area contributed by atoms with Crippen LogP contribution in [0.2, 0.25) is 5.02 Å². The Labute approximate surface area is 181 Å². The van der Waals surface area contributed by atoms with Crippen molar-refractivity contribution in [2.24, 2.45) is 0 Å². The molecule has 152 valence electrons. The summed E-state index contributed by atoms with van der Waals surface area (Å²) >= 11 is 6.16. The lowest BCUT2D eigenvalue weighted by Gasteiger charge is -2.26. The van der Waals surface area contributed by atoms with Gasteiger partial charge in [-0.1, -0.05) is 54.1 Å². The third-order valence-corrected chi connectivity index (χ3v) is 6.13. The van der Waals surface area contributed by atoms with Gasteiger partial charge in [0.05, 0.1) is 0 Å². The van der Waals surface area contributed by atoms with Crippen molar-refractivity contribution in [1.29, 1.82) is 0 Å². The molecular formula is C24H23ClN4O. The molecule has 2 aliphatic heterocycles. The minimum Gasteiger partial charge on any atom is -0.296 e. The van der Waals surface area contributed by atoms with Gasteiger partial charge in [-0.25, -0.2) is 4.98 Å². The summed E-state index contributed by atoms with van der Waals surface area (Å²) < 4.78 is 1.44. The van der Waals surface area contributed by atoms with Crippen molar-refractivity contribution in [1.82, 2.24) is 19.7 Å². The number of aromatic nitrogens is 3. The van der Waals surface area contributed by atoms with Crippen LogP contribution in [0.3, 0.4) is 0 Å². The number of carbonyl (C=O) groups excluding carboxylic acids is 1. The van der Waals surface area contributed by atoms with E-state index in [1.54, 1.807) is 6.08 Å². The van der Waals surface area contributed by atoms with Gasteiger partial charge in [0.2, 0.25) is 0 Å². The molecule has 1 aromatic heterocycles. The molecule has 0 radical (unpaired) electrons. The van der Waals surface area contributed by atoms with Crippen molar-refractivity contribution in [3.8, 4) is 11.4 Å². The lowest BCUT2D eigenvalue weighted by molar-refractivity contribution is 0.0944. The Hall–Kier alpha value is -2.76. The third-order valence-electron chi connectivity index (χ3n) is 5.89. The smallest absolute Gasteiger partial charge is 0.272 e. The second-order valence-electron chi connectivity index (χ2n) is 8.05. The third kappa shape index (κ3) is 3.95. The van der Waals surface area contributed by atoms with E-state index in [-0.39, 0.29) is 5.91 Å². The molecule has 3 aromatic rings. The summed E-state index contributed by atoms with van der Waals surface area (Å²) in [5.41, 5.74) is 3.30. The van der Waals surface area contributed by atoms with Crippen LogP contribution in [0.5, 0.6) is 0 Å². The van der Waals surface area contributed by atoms with Crippen molar-refractivity contribution in [3.05, 3.63) is 82.7 Å². The predicted octanol–water partition coefficient (Wildman–Crippen LogP) is 4.43. The molecule has 2 aromatic carbocycles. The molecule has 0 amide bonds. The van der Waals surface area contributed by atoms with Gasteiger partial charge >= 0.3 is 0 Å². The number of hydrogen-bond donors (Lipinski definition) is 0. The number of fused-ring (bicyclic) bond motifs is 1. The zero-order valence-electron chi connectivity index (χ0n) is 16.7. The van der Waals surface area contributed by atoms with Gasteiger partial charge in [0.15, 0.2) is 5.82 Å². The first-order valence-corrected chi connectivity index (χ1v) is 10.8. The van der Waals surface area contributed by atoms with E-state index in [1.165, 1.54) is 23.1 Å². The molecule has 0 aliphatic carbocycles. The van der Waals surface area contributed by atoms with Gasteiger partial charge in [0.25, 0.3) is 5.91 Å². The number of halogens is 1. The minimum absolute atomic E-state index is 0.105. The van der Waals surface area contributed by atoms with E-state index in [1.807, 2.05) is 42.5 Å². The molecule has 5 rings (SSSR count). The maximum absolute atomic E-state index is 12.7. The van der Waals surface area contributed by atoms with Crippen LogP contribution in [0.1, 0.15) is 29.0 Å². The number of allylic oxidation sites excluding steroid dienone is 1. The summed E-state index contributed by atoms with van der Waals surface area (Å²) in [6.45, 7) is 1.85. The highest BCUT2D eigenvalue weighted by Crippen LogP contribution is 2.26. The highest BCUT2D eigenvalue weighted by Gasteiger charge is 2.28. The van der Waals surface area contributed by atoms with Gasteiger partial charge in [-0.05, 0) is 49.1 Å². The average Bonchev–Trinajstić information content (AvgIpc) is 3.36. The van der Waals surface area contributed by atoms with E-state index in [2.05, 4.69) is 27.1 Å². The number of hydrogen-bond acceptors (Lipinski definition) is 4. The van der Waals surface area contributed by atoms with Crippen molar-refractivity contribution in [2.45, 2.75) is 31.7 Å². The van der Waals surface area contributed by atoms with Crippen molar-refractivity contribution < 1.29 is 4.79 Å². The van der Waals surface area contributed by atoms with Crippen LogP contribution in [0.4, 0.5) is 0 Å². The van der Waals surface area contributed by atoms with E-state index in [9.17, 15) is 4.79 Å². The standard InChI is InChI=1S/C24H23ClN4O/c25-20-9-4-6-17(12-20)13-21-10-5-11-28(21)16-18-14-22-26-24(19-7-2-1-3-8-19)27-29(22)23(30)15-18/h1-4,6-9,12,15,21H,5,10-11,13-14,16H2. The van der Waals surface area contributed by atoms with E-state index in [4.69, 9.17) is 11.6 Å². The second-order valence-corrected chi connectivity index (χ2v) is 8.48. The van der Waals surface area contributed by atoms with E-state index in [0.717, 1.165) is 41.5 Å². The van der Waals surface area contributed by atoms with Crippen LogP contribution < -0.4 is 0 Å². The SMILES string of the molecule is O=C1C=C(CN2CCCC2Cc2cccc(Cl)c2)Cc2nc(-c3ccccc3)nn21. The number of rotatable bonds is 5. The van der Waals surface area contributed by atoms with Crippen molar-refractivity contribution >= 4 is 17.5 Å². The van der Waals surface area contributed by atoms with Gasteiger partial charge in [0, 0.05) is 35.7 Å². The second kappa shape index (κ2) is 8.17. The first kappa shape index (κ1) is 19.2. The van der Waals surface area contributed by atoms with Crippen LogP contribution in [-0.2, 0) is 12.8 Å². The minimum atomic E-state index is -0.105. The predicted molar refractivity (Wildman–Crippen MR) is 118 cm³/mol. The summed E-state index contributed by atoms with van der Waals surface area (Å²) in [5, 5.41) is 5.22. The summed E-state index contributed by atoms with van der Waals surface area (Å²) in [6.07, 6.45) is 5.73. The molecule has 0 saturated carbocycles. The zero-order valence-corrected chi connectivity index (χ0v) is 17.4. The molecule has 3 heterocycles. The van der Waals surface area contributed by atoms with Gasteiger partial charge in [-0.3, -0.25) is 9.69 Å². The summed E-state index contributed by atoms with van der Waals surface area (Å²) in [4.78, 5) is 19.8. The Kier molecular flexibility index (Phi) is 5.23. The van der Waals surface area contributed by atoms with E-state index >= 15 is 0 Å². The fraction of sp³-hybridized carbons (Fsp3) is 0.292. The first-order chi connectivity index (χ1) is 14.7. The van der Waals surface area contributed by atoms with Crippen LogP contribution >= 0.6 is 11.6 Å². The molecule has 0 spiro atoms. The number of likely N-dealkylation sites (tertiary alicyclic amines) is 1. The lowest BCUT2D eigenvalue weighted by atomic mass is 10.0. The maximum atomic E-state index is 12.7. The van der Waals surface area contributed by atoms with Crippen molar-refractivity contribution in [3.63, 3.8) is 0 Å². The molecule has 0 bridgehead atoms. The summed E-state index contributed by atoms with van der Waals surface area (Å²) in [7, 11) is 0. The molecule has 1 unspecified atom stereocenters. The molecule has 30 heavy (non-hydrogen) atoms. The molecule has 0 N–H and O–H groups in total. The monoisotopic (exact) mass is 418 g/mol. The normalized spacial score (nSPS) is 19.0. The molecule has 1 fully saturated rings. The molecule has 5 nitrogen and oxygen atoms in total. The highest BCUT2D eigenvalue weighted by molar-refractivity contribution is 6.30. The highest BCUT2D eigenvalue weighted by atomic mass is 35.5. The van der Waals surface area contributed by atoms with Crippen molar-refractivity contribution in [2.75, 3.05) is 13.1 Å². The fourth-order valence-electron chi connectivity index (χ4n) is 4.47. The Morgan fingerprint density at radius 3 is 2.80 bits per heavy atom. The number of nitrogens with zero attached hydrogens (tertiary/aromatic N) is 4. The van der Waals surface area contributed by atoms with Crippen LogP contribution in [0.15, 0.2) is 66.2 Å². The van der Waals surface area contributed by atoms with E-state index in [0.29, 0.717) is 18.3 Å². The van der Waals surface area contributed by atoms with Crippen LogP contribution in [0.25, 0.3) is 11.4 Å². The molecule has 1 saturated heterocycles. The zero-order chi connectivity index (χ0) is 20.5. The van der Waals surface area contributed by atoms with Gasteiger partial charge < -0.3 is 0 Å². The quantitative estimate of drug-likeness (QED) is 0.615. The lowest BCUT2D eigenvalue weighted by Crippen LogP contribution is -2.34. The van der Waals surface area contributed by atoms with Gasteiger partial charge in [-0.15, -0.1) is 5.10 Å². The van der Waals surface area contributed by atoms with Crippen LogP contribution in [-0.4, -0.2) is 44.7 Å². The maximum Gasteiger partial charge on any atom is 0.272 e. The number of benzene rings is 2. The van der Waals surface area contributed by atoms with Crippen LogP contribution in [0, 0.1) is 0 Å². The average molecular weight is 419 g/mol. The molecular weight excluding hydrogens is 396 g/mol. The number of carbonyl (C=O) groups is 1. The van der Waals surface area contributed by atoms with E-state index < -0.39 is 0 Å². The summed E-state index contributed by atoms with van der Waals surface area (Å²) in [5.74, 6) is 1.22. The molecule has 2 aliphatic rings. The first-order valence-electron chi connectivity index (χ1n) is 10.4. The molecule has 6 heteroatoms. The Bertz CT molecular complexity index is 1110. The van der Waals surface area contributed by atoms with Gasteiger partial charge in [0.1, 0.15) is 5.82 Å². The Morgan fingerprint density at radius 1 is 1.10 bits per heavy atom. The molecule has 1 atom stereocenters. The Morgan fingerprint density at radius 2 is 1.97 bits per heavy atom. The van der Waals surface area contributed by atoms with Gasteiger partial charge in [-0.2, -0.15) is 4.68 Å². The fourth-order valence-corrected chi connectivity index (χ4v) is 4.68. The topological polar surface area (TPSA) is 51.0 Å². The largest absolute Gasteiger partial charge is 0.296 e.